The van der Waals surface area contributed by atoms with Crippen LogP contribution in [-0.2, 0) is 6.42 Å². The first-order chi connectivity index (χ1) is 9.06. The van der Waals surface area contributed by atoms with Crippen LogP contribution >= 0.6 is 36.2 Å². The number of carbonyl (C=O) groups excluding carboxylic acids is 1. The molecule has 1 aliphatic rings. The summed E-state index contributed by atoms with van der Waals surface area (Å²) >= 11 is 1.56. The van der Waals surface area contributed by atoms with Crippen LogP contribution in [0.3, 0.4) is 0 Å². The molecule has 0 aromatic carbocycles. The number of nitrogens with two attached hydrogens (primary N) is 1. The number of nitrogens with zero attached hydrogens (tertiary/aromatic N) is 2. The van der Waals surface area contributed by atoms with E-state index in [0.717, 1.165) is 41.4 Å². The molecule has 1 aromatic heterocycles. The molecule has 7 heteroatoms. The van der Waals surface area contributed by atoms with E-state index in [2.05, 4.69) is 18.8 Å². The van der Waals surface area contributed by atoms with Gasteiger partial charge in [0.2, 0.25) is 0 Å². The minimum Gasteiger partial charge on any atom is -0.335 e. The molecule has 2 unspecified atom stereocenters. The third kappa shape index (κ3) is 4.55. The Balaban J connectivity index is 0.00000200. The monoisotopic (exact) mass is 353 g/mol. The average molecular weight is 354 g/mol. The standard InChI is InChI=1S/C14H23N3OS.2ClH/c1-4-5-12-16-10(3)13(19-12)14(18)17-8-11(7-15)6-9(17)2;;/h9,11H,4-8,15H2,1-3H3;2*1H. The minimum absolute atomic E-state index is 0. The molecule has 2 atom stereocenters. The van der Waals surface area contributed by atoms with Gasteiger partial charge in [0.1, 0.15) is 4.88 Å². The topological polar surface area (TPSA) is 59.2 Å². The van der Waals surface area contributed by atoms with Crippen LogP contribution in [0, 0.1) is 12.8 Å². The van der Waals surface area contributed by atoms with Gasteiger partial charge in [0, 0.05) is 12.6 Å². The van der Waals surface area contributed by atoms with E-state index in [-0.39, 0.29) is 36.8 Å². The molecule has 1 fully saturated rings. The van der Waals surface area contributed by atoms with Gasteiger partial charge in [0.25, 0.3) is 5.91 Å². The number of likely N-dealkylation sites (tertiary alicyclic amines) is 1. The molecule has 2 rings (SSSR count). The molecule has 0 aliphatic carbocycles. The van der Waals surface area contributed by atoms with Crippen LogP contribution < -0.4 is 5.73 Å². The second-order valence-electron chi connectivity index (χ2n) is 5.42. The van der Waals surface area contributed by atoms with Gasteiger partial charge in [0.05, 0.1) is 10.7 Å². The van der Waals surface area contributed by atoms with Gasteiger partial charge in [-0.3, -0.25) is 4.79 Å². The van der Waals surface area contributed by atoms with E-state index in [4.69, 9.17) is 5.73 Å². The molecular weight excluding hydrogens is 329 g/mol. The van der Waals surface area contributed by atoms with E-state index in [0.29, 0.717) is 12.5 Å². The van der Waals surface area contributed by atoms with E-state index >= 15 is 0 Å². The Morgan fingerprint density at radius 2 is 2.14 bits per heavy atom. The molecule has 1 saturated heterocycles. The highest BCUT2D eigenvalue weighted by Gasteiger charge is 2.33. The zero-order valence-electron chi connectivity index (χ0n) is 12.8. The molecule has 0 radical (unpaired) electrons. The maximum Gasteiger partial charge on any atom is 0.266 e. The Kier molecular flexibility index (Phi) is 8.78. The van der Waals surface area contributed by atoms with E-state index in [9.17, 15) is 4.79 Å². The minimum atomic E-state index is 0. The normalized spacial score (nSPS) is 20.9. The quantitative estimate of drug-likeness (QED) is 0.904. The zero-order chi connectivity index (χ0) is 14.0. The number of aromatic nitrogens is 1. The van der Waals surface area contributed by atoms with Gasteiger partial charge in [0.15, 0.2) is 0 Å². The summed E-state index contributed by atoms with van der Waals surface area (Å²) in [6.45, 7) is 7.63. The summed E-state index contributed by atoms with van der Waals surface area (Å²) < 4.78 is 0. The fourth-order valence-corrected chi connectivity index (χ4v) is 3.82. The average Bonchev–Trinajstić information content (AvgIpc) is 2.92. The van der Waals surface area contributed by atoms with Gasteiger partial charge in [-0.05, 0) is 45.6 Å². The predicted molar refractivity (Wildman–Crippen MR) is 93.0 cm³/mol. The van der Waals surface area contributed by atoms with Crippen LogP contribution in [0.15, 0.2) is 0 Å². The molecular formula is C14H25Cl2N3OS. The van der Waals surface area contributed by atoms with Gasteiger partial charge >= 0.3 is 0 Å². The number of halogens is 2. The summed E-state index contributed by atoms with van der Waals surface area (Å²) in [5.74, 6) is 0.586. The van der Waals surface area contributed by atoms with Gasteiger partial charge in [-0.15, -0.1) is 36.2 Å². The van der Waals surface area contributed by atoms with Crippen molar-refractivity contribution in [3.63, 3.8) is 0 Å². The predicted octanol–water partition coefficient (Wildman–Crippen LogP) is 3.06. The number of thiazole rings is 1. The summed E-state index contributed by atoms with van der Waals surface area (Å²) in [7, 11) is 0. The van der Waals surface area contributed by atoms with E-state index in [1.807, 2.05) is 11.8 Å². The molecule has 0 bridgehead atoms. The summed E-state index contributed by atoms with van der Waals surface area (Å²) in [6.07, 6.45) is 3.04. The Morgan fingerprint density at radius 1 is 1.48 bits per heavy atom. The van der Waals surface area contributed by atoms with Gasteiger partial charge in [-0.1, -0.05) is 6.92 Å². The van der Waals surface area contributed by atoms with Crippen molar-refractivity contribution in [2.45, 2.75) is 46.1 Å². The van der Waals surface area contributed by atoms with E-state index in [1.165, 1.54) is 0 Å². The van der Waals surface area contributed by atoms with Crippen molar-refractivity contribution in [1.29, 1.82) is 0 Å². The highest BCUT2D eigenvalue weighted by atomic mass is 35.5. The third-order valence-corrected chi connectivity index (χ3v) is 4.96. The van der Waals surface area contributed by atoms with Crippen LogP contribution in [-0.4, -0.2) is 34.9 Å². The van der Waals surface area contributed by atoms with Crippen molar-refractivity contribution >= 4 is 42.1 Å². The van der Waals surface area contributed by atoms with Crippen LogP contribution in [0.2, 0.25) is 0 Å². The largest absolute Gasteiger partial charge is 0.335 e. The van der Waals surface area contributed by atoms with Crippen LogP contribution in [0.1, 0.15) is 47.1 Å². The van der Waals surface area contributed by atoms with Crippen molar-refractivity contribution in [2.75, 3.05) is 13.1 Å². The molecule has 2 N–H and O–H groups in total. The molecule has 122 valence electrons. The highest BCUT2D eigenvalue weighted by molar-refractivity contribution is 7.13. The summed E-state index contributed by atoms with van der Waals surface area (Å²) in [5, 5.41) is 1.07. The maximum atomic E-state index is 12.6. The fourth-order valence-electron chi connectivity index (χ4n) is 2.70. The molecule has 21 heavy (non-hydrogen) atoms. The van der Waals surface area contributed by atoms with Crippen LogP contribution in [0.5, 0.6) is 0 Å². The van der Waals surface area contributed by atoms with Gasteiger partial charge in [-0.25, -0.2) is 4.98 Å². The lowest BCUT2D eigenvalue weighted by Gasteiger charge is -2.20. The summed E-state index contributed by atoms with van der Waals surface area (Å²) in [5.41, 5.74) is 6.60. The van der Waals surface area contributed by atoms with E-state index in [1.54, 1.807) is 11.3 Å². The molecule has 1 aromatic rings. The molecule has 1 aliphatic heterocycles. The Bertz CT molecular complexity index is 467. The van der Waals surface area contributed by atoms with Crippen molar-refractivity contribution < 1.29 is 4.79 Å². The molecule has 4 nitrogen and oxygen atoms in total. The second kappa shape index (κ2) is 8.93. The maximum absolute atomic E-state index is 12.6. The first kappa shape index (κ1) is 20.6. The number of rotatable bonds is 4. The van der Waals surface area contributed by atoms with Gasteiger partial charge in [-0.2, -0.15) is 0 Å². The lowest BCUT2D eigenvalue weighted by molar-refractivity contribution is 0.0747. The Hall–Kier alpha value is -0.360. The smallest absolute Gasteiger partial charge is 0.266 e. The van der Waals surface area contributed by atoms with Crippen molar-refractivity contribution in [3.8, 4) is 0 Å². The third-order valence-electron chi connectivity index (χ3n) is 3.75. The van der Waals surface area contributed by atoms with Crippen LogP contribution in [0.25, 0.3) is 0 Å². The lowest BCUT2D eigenvalue weighted by atomic mass is 10.1. The first-order valence-electron chi connectivity index (χ1n) is 7.04. The van der Waals surface area contributed by atoms with Crippen molar-refractivity contribution in [2.24, 2.45) is 11.7 Å². The Morgan fingerprint density at radius 3 is 2.67 bits per heavy atom. The second-order valence-corrected chi connectivity index (χ2v) is 6.50. The zero-order valence-corrected chi connectivity index (χ0v) is 15.2. The van der Waals surface area contributed by atoms with Crippen LogP contribution in [0.4, 0.5) is 0 Å². The highest BCUT2D eigenvalue weighted by Crippen LogP contribution is 2.27. The molecule has 1 amide bonds. The molecule has 0 spiro atoms. The number of carbonyl (C=O) groups is 1. The molecule has 2 heterocycles. The number of hydrogen-bond donors (Lipinski definition) is 1. The van der Waals surface area contributed by atoms with Crippen molar-refractivity contribution in [3.05, 3.63) is 15.6 Å². The van der Waals surface area contributed by atoms with Gasteiger partial charge < -0.3 is 10.6 Å². The van der Waals surface area contributed by atoms with E-state index < -0.39 is 0 Å². The number of aryl methyl sites for hydroxylation is 2. The summed E-state index contributed by atoms with van der Waals surface area (Å²) in [6, 6.07) is 0.289. The SMILES string of the molecule is CCCc1nc(C)c(C(=O)N2CC(CN)CC2C)s1.Cl.Cl. The molecule has 0 saturated carbocycles. The van der Waals surface area contributed by atoms with Crippen molar-refractivity contribution in [1.82, 2.24) is 9.88 Å². The first-order valence-corrected chi connectivity index (χ1v) is 7.85. The lowest BCUT2D eigenvalue weighted by Crippen LogP contribution is -2.34. The number of amides is 1. The fraction of sp³-hybridized carbons (Fsp3) is 0.714. The summed E-state index contributed by atoms with van der Waals surface area (Å²) in [4.78, 5) is 19.9. The number of hydrogen-bond acceptors (Lipinski definition) is 4. The Labute approximate surface area is 143 Å².